The Morgan fingerprint density at radius 1 is 0.848 bits per heavy atom. The monoisotopic (exact) mass is 433 g/mol. The van der Waals surface area contributed by atoms with E-state index < -0.39 is 0 Å². The molecule has 0 radical (unpaired) electrons. The molecule has 0 amide bonds. The zero-order chi connectivity index (χ0) is 22.7. The molecule has 0 atom stereocenters. The second kappa shape index (κ2) is 6.87. The molecule has 0 spiro atoms. The first-order chi connectivity index (χ1) is 15.9. The lowest BCUT2D eigenvalue weighted by Gasteiger charge is -2.19. The summed E-state index contributed by atoms with van der Waals surface area (Å²) in [4.78, 5) is 8.97. The van der Waals surface area contributed by atoms with Gasteiger partial charge in [-0.3, -0.25) is 14.0 Å². The molecule has 4 aromatic heterocycles. The lowest BCUT2D eigenvalue weighted by molar-refractivity contribution is 0.590. The van der Waals surface area contributed by atoms with Crippen molar-refractivity contribution in [2.24, 2.45) is 0 Å². The van der Waals surface area contributed by atoms with Crippen molar-refractivity contribution < 1.29 is 0 Å². The number of pyridine rings is 2. The first-order valence-electron chi connectivity index (χ1n) is 10.9. The van der Waals surface area contributed by atoms with Crippen molar-refractivity contribution in [1.29, 1.82) is 0 Å². The van der Waals surface area contributed by atoms with Crippen LogP contribution in [0, 0.1) is 0 Å². The zero-order valence-electron chi connectivity index (χ0n) is 18.7. The van der Waals surface area contributed by atoms with Gasteiger partial charge in [-0.2, -0.15) is 0 Å². The summed E-state index contributed by atoms with van der Waals surface area (Å²) < 4.78 is 4.14. The maximum atomic E-state index is 5.78. The van der Waals surface area contributed by atoms with Crippen LogP contribution in [-0.2, 0) is 5.41 Å². The molecular weight excluding hydrogens is 410 g/mol. The fourth-order valence-corrected chi connectivity index (χ4v) is 4.34. The fraction of sp³-hybridized carbons (Fsp3) is 0.154. The average Bonchev–Trinajstić information content (AvgIpc) is 3.40. The Kier molecular flexibility index (Phi) is 4.04. The van der Waals surface area contributed by atoms with Crippen LogP contribution in [0.2, 0.25) is 0 Å². The fourth-order valence-electron chi connectivity index (χ4n) is 4.34. The van der Waals surface area contributed by atoms with Gasteiger partial charge in [0.1, 0.15) is 12.1 Å². The summed E-state index contributed by atoms with van der Waals surface area (Å²) in [6, 6.07) is 18.7. The molecule has 0 saturated heterocycles. The van der Waals surface area contributed by atoms with E-state index in [1.54, 1.807) is 12.5 Å². The minimum atomic E-state index is 0.0834. The molecule has 0 unspecified atom stereocenters. The predicted molar refractivity (Wildman–Crippen MR) is 131 cm³/mol. The van der Waals surface area contributed by atoms with Crippen molar-refractivity contribution in [2.45, 2.75) is 26.2 Å². The molecule has 33 heavy (non-hydrogen) atoms. The molecule has 7 nitrogen and oxygen atoms in total. The van der Waals surface area contributed by atoms with Crippen molar-refractivity contribution in [3.05, 3.63) is 78.9 Å². The van der Waals surface area contributed by atoms with Crippen LogP contribution in [0.1, 0.15) is 26.3 Å². The molecule has 162 valence electrons. The lowest BCUT2D eigenvalue weighted by atomic mass is 9.87. The number of hydrogen-bond donors (Lipinski definition) is 1. The third-order valence-electron chi connectivity index (χ3n) is 6.14. The zero-order valence-corrected chi connectivity index (χ0v) is 18.7. The minimum Gasteiger partial charge on any atom is -0.384 e. The van der Waals surface area contributed by atoms with Gasteiger partial charge in [-0.1, -0.05) is 39.0 Å². The molecule has 4 heterocycles. The SMILES string of the molecule is CC(C)(C)c1ccc(-n2c3c4cc(-c5ccc(N)nc5)ccc4ncc3n3cnnc23)cc1. The molecule has 0 aliphatic carbocycles. The number of benzene rings is 2. The first kappa shape index (κ1) is 19.4. The highest BCUT2D eigenvalue weighted by molar-refractivity contribution is 6.06. The minimum absolute atomic E-state index is 0.0834. The highest BCUT2D eigenvalue weighted by atomic mass is 15.3. The van der Waals surface area contributed by atoms with Crippen LogP contribution in [0.25, 0.3) is 44.5 Å². The molecule has 6 aromatic rings. The summed E-state index contributed by atoms with van der Waals surface area (Å²) in [5.74, 6) is 1.26. The molecule has 7 heteroatoms. The van der Waals surface area contributed by atoms with E-state index in [0.29, 0.717) is 5.82 Å². The molecule has 6 rings (SSSR count). The highest BCUT2D eigenvalue weighted by Crippen LogP contribution is 2.33. The maximum Gasteiger partial charge on any atom is 0.241 e. The van der Waals surface area contributed by atoms with Crippen LogP contribution in [0.4, 0.5) is 5.82 Å². The molecule has 0 aliphatic rings. The van der Waals surface area contributed by atoms with E-state index in [-0.39, 0.29) is 5.41 Å². The van der Waals surface area contributed by atoms with Crippen LogP contribution in [0.3, 0.4) is 0 Å². The van der Waals surface area contributed by atoms with E-state index in [2.05, 4.69) is 76.9 Å². The van der Waals surface area contributed by atoms with Gasteiger partial charge in [0, 0.05) is 22.8 Å². The largest absolute Gasteiger partial charge is 0.384 e. The molecular formula is C26H23N7. The standard InChI is InChI=1S/C26H23N7/c1-26(2,3)18-6-8-19(9-7-18)33-24-20-12-16(17-5-11-23(27)29-13-17)4-10-21(20)28-14-22(24)32-15-30-31-25(32)33/h4-15H,1-3H3,(H2,27,29). The molecule has 0 saturated carbocycles. The van der Waals surface area contributed by atoms with E-state index >= 15 is 0 Å². The molecule has 0 bridgehead atoms. The van der Waals surface area contributed by atoms with Crippen LogP contribution >= 0.6 is 0 Å². The summed E-state index contributed by atoms with van der Waals surface area (Å²) in [6.07, 6.45) is 5.42. The van der Waals surface area contributed by atoms with Gasteiger partial charge in [-0.25, -0.2) is 4.98 Å². The average molecular weight is 434 g/mol. The lowest BCUT2D eigenvalue weighted by Crippen LogP contribution is -2.10. The number of anilines is 1. The van der Waals surface area contributed by atoms with Crippen molar-refractivity contribution in [3.8, 4) is 16.8 Å². The summed E-state index contributed by atoms with van der Waals surface area (Å²) in [6.45, 7) is 6.66. The van der Waals surface area contributed by atoms with Crippen molar-refractivity contribution in [2.75, 3.05) is 5.73 Å². The topological polar surface area (TPSA) is 86.9 Å². The van der Waals surface area contributed by atoms with E-state index in [1.807, 2.05) is 28.8 Å². The van der Waals surface area contributed by atoms with Gasteiger partial charge in [0.15, 0.2) is 0 Å². The highest BCUT2D eigenvalue weighted by Gasteiger charge is 2.19. The number of rotatable bonds is 2. The summed E-state index contributed by atoms with van der Waals surface area (Å²) in [5.41, 5.74) is 13.1. The van der Waals surface area contributed by atoms with Gasteiger partial charge >= 0.3 is 0 Å². The number of fused-ring (bicyclic) bond motifs is 5. The van der Waals surface area contributed by atoms with Crippen LogP contribution in [0.5, 0.6) is 0 Å². The molecule has 0 aliphatic heterocycles. The van der Waals surface area contributed by atoms with Gasteiger partial charge < -0.3 is 5.73 Å². The van der Waals surface area contributed by atoms with E-state index in [4.69, 9.17) is 10.7 Å². The second-order valence-corrected chi connectivity index (χ2v) is 9.33. The van der Waals surface area contributed by atoms with Crippen LogP contribution < -0.4 is 5.73 Å². The van der Waals surface area contributed by atoms with Crippen LogP contribution in [0.15, 0.2) is 73.3 Å². The summed E-state index contributed by atoms with van der Waals surface area (Å²) >= 11 is 0. The van der Waals surface area contributed by atoms with Gasteiger partial charge in [0.05, 0.1) is 22.7 Å². The normalized spacial score (nSPS) is 12.2. The van der Waals surface area contributed by atoms with Crippen molar-refractivity contribution in [1.82, 2.24) is 29.1 Å². The maximum absolute atomic E-state index is 5.78. The Morgan fingerprint density at radius 2 is 1.64 bits per heavy atom. The first-order valence-corrected chi connectivity index (χ1v) is 10.9. The third-order valence-corrected chi connectivity index (χ3v) is 6.14. The number of nitrogens with two attached hydrogens (primary N) is 1. The van der Waals surface area contributed by atoms with E-state index in [9.17, 15) is 0 Å². The summed E-state index contributed by atoms with van der Waals surface area (Å²) in [7, 11) is 0. The van der Waals surface area contributed by atoms with Crippen LogP contribution in [-0.4, -0.2) is 29.1 Å². The molecule has 2 aromatic carbocycles. The van der Waals surface area contributed by atoms with Gasteiger partial charge in [-0.15, -0.1) is 10.2 Å². The number of nitrogens with zero attached hydrogens (tertiary/aromatic N) is 6. The Morgan fingerprint density at radius 3 is 2.36 bits per heavy atom. The van der Waals surface area contributed by atoms with Crippen molar-refractivity contribution in [3.63, 3.8) is 0 Å². The smallest absolute Gasteiger partial charge is 0.241 e. The van der Waals surface area contributed by atoms with Gasteiger partial charge in [0.25, 0.3) is 0 Å². The number of nitrogen functional groups attached to an aromatic ring is 1. The molecule has 0 fully saturated rings. The van der Waals surface area contributed by atoms with Gasteiger partial charge in [-0.05, 0) is 52.9 Å². The van der Waals surface area contributed by atoms with Crippen molar-refractivity contribution >= 4 is 33.5 Å². The second-order valence-electron chi connectivity index (χ2n) is 9.33. The summed E-state index contributed by atoms with van der Waals surface area (Å²) in [5, 5.41) is 9.61. The van der Waals surface area contributed by atoms with Gasteiger partial charge in [0.2, 0.25) is 5.78 Å². The Balaban J connectivity index is 1.65. The number of aromatic nitrogens is 6. The number of imidazole rings is 1. The Hall–Kier alpha value is -4.26. The Labute approximate surface area is 190 Å². The predicted octanol–water partition coefficient (Wildman–Crippen LogP) is 5.16. The number of hydrogen-bond acceptors (Lipinski definition) is 5. The quantitative estimate of drug-likeness (QED) is 0.407. The van der Waals surface area contributed by atoms with E-state index in [0.717, 1.165) is 44.5 Å². The third kappa shape index (κ3) is 3.04. The molecule has 2 N–H and O–H groups in total. The van der Waals surface area contributed by atoms with E-state index in [1.165, 1.54) is 5.56 Å². The Bertz CT molecular complexity index is 1630.